The van der Waals surface area contributed by atoms with E-state index in [1.165, 1.54) is 25.9 Å². The van der Waals surface area contributed by atoms with Crippen LogP contribution >= 0.6 is 0 Å². The molecule has 28 heavy (non-hydrogen) atoms. The Balaban J connectivity index is 1.45. The summed E-state index contributed by atoms with van der Waals surface area (Å²) in [6.45, 7) is 8.03. The molecule has 1 aromatic carbocycles. The Morgan fingerprint density at radius 3 is 2.71 bits per heavy atom. The molecule has 0 radical (unpaired) electrons. The zero-order chi connectivity index (χ0) is 19.9. The van der Waals surface area contributed by atoms with Gasteiger partial charge >= 0.3 is 0 Å². The summed E-state index contributed by atoms with van der Waals surface area (Å²) in [5, 5.41) is 9.10. The van der Waals surface area contributed by atoms with Crippen molar-refractivity contribution in [2.75, 3.05) is 31.2 Å². The molecule has 0 aromatic heterocycles. The number of benzene rings is 1. The van der Waals surface area contributed by atoms with E-state index in [-0.39, 0.29) is 11.7 Å². The number of carbonyl (C=O) groups is 2. The molecular weight excluding hydrogens is 352 g/mol. The van der Waals surface area contributed by atoms with Crippen molar-refractivity contribution in [3.63, 3.8) is 0 Å². The molecule has 0 aliphatic carbocycles. The van der Waals surface area contributed by atoms with Gasteiger partial charge in [-0.1, -0.05) is 25.1 Å². The number of nitrogens with one attached hydrogen (secondary N) is 1. The molecule has 6 heteroatoms. The van der Waals surface area contributed by atoms with E-state index in [2.05, 4.69) is 22.2 Å². The lowest BCUT2D eigenvalue weighted by Crippen LogP contribution is -2.36. The molecule has 2 heterocycles. The molecule has 152 valence electrons. The van der Waals surface area contributed by atoms with Crippen molar-refractivity contribution in [3.05, 3.63) is 30.3 Å². The zero-order valence-electron chi connectivity index (χ0n) is 17.1. The Morgan fingerprint density at radius 1 is 1.21 bits per heavy atom. The van der Waals surface area contributed by atoms with E-state index >= 15 is 0 Å². The average Bonchev–Trinajstić information content (AvgIpc) is 3.14. The predicted octanol–water partition coefficient (Wildman–Crippen LogP) is 2.84. The number of piperidine rings is 1. The molecule has 1 amide bonds. The minimum Gasteiger partial charge on any atom is -0.351 e. The van der Waals surface area contributed by atoms with Gasteiger partial charge in [-0.15, -0.1) is 0 Å². The van der Waals surface area contributed by atoms with Gasteiger partial charge in [0, 0.05) is 19.5 Å². The van der Waals surface area contributed by atoms with Gasteiger partial charge in [0.25, 0.3) is 5.91 Å². The number of unbranched alkanes of at least 4 members (excludes halogenated alkanes) is 1. The fourth-order valence-corrected chi connectivity index (χ4v) is 4.04. The summed E-state index contributed by atoms with van der Waals surface area (Å²) >= 11 is 0. The van der Waals surface area contributed by atoms with Crippen molar-refractivity contribution in [1.29, 1.82) is 0 Å². The van der Waals surface area contributed by atoms with E-state index < -0.39 is 6.04 Å². The third-order valence-electron chi connectivity index (χ3n) is 5.59. The molecule has 1 N–H and O–H groups in total. The number of ketones is 1. The second-order valence-electron chi connectivity index (χ2n) is 8.07. The largest absolute Gasteiger partial charge is 0.351 e. The molecule has 0 unspecified atom stereocenters. The topological polar surface area (TPSA) is 65.0 Å². The van der Waals surface area contributed by atoms with Crippen LogP contribution in [-0.4, -0.2) is 54.5 Å². The molecule has 1 fully saturated rings. The van der Waals surface area contributed by atoms with Crippen LogP contribution in [0.25, 0.3) is 0 Å². The van der Waals surface area contributed by atoms with Crippen molar-refractivity contribution < 1.29 is 9.59 Å². The first kappa shape index (κ1) is 20.5. The fraction of sp³-hybridized carbons (Fsp3) is 0.591. The number of likely N-dealkylation sites (tertiary alicyclic amines) is 1. The minimum atomic E-state index is -0.399. The van der Waals surface area contributed by atoms with Gasteiger partial charge in [-0.25, -0.2) is 0 Å². The van der Waals surface area contributed by atoms with Crippen LogP contribution < -0.4 is 10.3 Å². The Kier molecular flexibility index (Phi) is 7.20. The lowest BCUT2D eigenvalue weighted by molar-refractivity contribution is -0.118. The van der Waals surface area contributed by atoms with Crippen LogP contribution in [-0.2, 0) is 9.59 Å². The van der Waals surface area contributed by atoms with Crippen molar-refractivity contribution in [1.82, 2.24) is 10.2 Å². The lowest BCUT2D eigenvalue weighted by atomic mass is 10.0. The van der Waals surface area contributed by atoms with E-state index in [0.717, 1.165) is 31.0 Å². The van der Waals surface area contributed by atoms with Crippen LogP contribution in [0.1, 0.15) is 46.0 Å². The van der Waals surface area contributed by atoms with Gasteiger partial charge in [0.05, 0.1) is 5.69 Å². The van der Waals surface area contributed by atoms with Gasteiger partial charge in [0.15, 0.2) is 5.78 Å². The smallest absolute Gasteiger partial charge is 0.267 e. The maximum Gasteiger partial charge on any atom is 0.267 e. The molecule has 0 saturated carbocycles. The summed E-state index contributed by atoms with van der Waals surface area (Å²) in [5.41, 5.74) is 1.27. The second-order valence-corrected chi connectivity index (χ2v) is 8.07. The van der Waals surface area contributed by atoms with Crippen molar-refractivity contribution in [2.24, 2.45) is 11.0 Å². The standard InChI is InChI=1S/C22H32N4O2/c1-17-9-8-14-25(16-17)13-7-6-12-23-22(28)20-15-21(18(2)27)26(24-20)19-10-4-3-5-11-19/h3-5,10-11,17,21H,6-9,12-16H2,1-2H3,(H,23,28)/t17-,21+/m0/s1. The number of amides is 1. The maximum absolute atomic E-state index is 12.5. The molecule has 1 aromatic rings. The number of carbonyl (C=O) groups excluding carboxylic acids is 2. The first-order valence-corrected chi connectivity index (χ1v) is 10.5. The van der Waals surface area contributed by atoms with Crippen molar-refractivity contribution in [2.45, 2.75) is 52.0 Å². The van der Waals surface area contributed by atoms with E-state index in [0.29, 0.717) is 18.7 Å². The lowest BCUT2D eigenvalue weighted by Gasteiger charge is -2.30. The Hall–Kier alpha value is -2.21. The predicted molar refractivity (Wildman–Crippen MR) is 113 cm³/mol. The van der Waals surface area contributed by atoms with Crippen LogP contribution in [0.15, 0.2) is 35.4 Å². The fourth-order valence-electron chi connectivity index (χ4n) is 4.04. The number of rotatable bonds is 8. The number of hydrogen-bond donors (Lipinski definition) is 1. The highest BCUT2D eigenvalue weighted by atomic mass is 16.2. The summed E-state index contributed by atoms with van der Waals surface area (Å²) in [6.07, 6.45) is 5.05. The highest BCUT2D eigenvalue weighted by Crippen LogP contribution is 2.25. The Labute approximate surface area is 168 Å². The van der Waals surface area contributed by atoms with Crippen LogP contribution in [0.4, 0.5) is 5.69 Å². The van der Waals surface area contributed by atoms with E-state index in [4.69, 9.17) is 0 Å². The zero-order valence-corrected chi connectivity index (χ0v) is 17.1. The normalized spacial score (nSPS) is 22.8. The van der Waals surface area contributed by atoms with E-state index in [1.807, 2.05) is 30.3 Å². The number of nitrogens with zero attached hydrogens (tertiary/aromatic N) is 3. The van der Waals surface area contributed by atoms with E-state index in [1.54, 1.807) is 11.9 Å². The van der Waals surface area contributed by atoms with Gasteiger partial charge in [-0.2, -0.15) is 5.10 Å². The Bertz CT molecular complexity index is 704. The quantitative estimate of drug-likeness (QED) is 0.700. The summed E-state index contributed by atoms with van der Waals surface area (Å²) < 4.78 is 0. The first-order chi connectivity index (χ1) is 13.5. The summed E-state index contributed by atoms with van der Waals surface area (Å²) in [7, 11) is 0. The summed E-state index contributed by atoms with van der Waals surface area (Å²) in [6, 6.07) is 9.14. The number of anilines is 1. The van der Waals surface area contributed by atoms with Crippen LogP contribution in [0.3, 0.4) is 0 Å². The third kappa shape index (κ3) is 5.41. The minimum absolute atomic E-state index is 0.0196. The third-order valence-corrected chi connectivity index (χ3v) is 5.59. The van der Waals surface area contributed by atoms with Crippen molar-refractivity contribution >= 4 is 23.1 Å². The number of para-hydroxylation sites is 1. The van der Waals surface area contributed by atoms with Gasteiger partial charge in [0.1, 0.15) is 11.8 Å². The molecule has 0 spiro atoms. The SMILES string of the molecule is CC(=O)[C@H]1CC(C(=O)NCCCCN2CCC[C@H](C)C2)=NN1c1ccccc1. The van der Waals surface area contributed by atoms with Gasteiger partial charge in [-0.3, -0.25) is 14.6 Å². The first-order valence-electron chi connectivity index (χ1n) is 10.5. The molecule has 2 aliphatic rings. The van der Waals surface area contributed by atoms with Crippen LogP contribution in [0, 0.1) is 5.92 Å². The molecule has 1 saturated heterocycles. The molecular formula is C22H32N4O2. The van der Waals surface area contributed by atoms with Crippen LogP contribution in [0.2, 0.25) is 0 Å². The van der Waals surface area contributed by atoms with E-state index in [9.17, 15) is 9.59 Å². The number of hydrogen-bond acceptors (Lipinski definition) is 5. The van der Waals surface area contributed by atoms with Crippen LogP contribution in [0.5, 0.6) is 0 Å². The van der Waals surface area contributed by atoms with Crippen molar-refractivity contribution in [3.8, 4) is 0 Å². The van der Waals surface area contributed by atoms with Gasteiger partial charge in [0.2, 0.25) is 0 Å². The summed E-state index contributed by atoms with van der Waals surface area (Å²) in [5.74, 6) is 0.665. The molecule has 6 nitrogen and oxygen atoms in total. The number of Topliss-reactive ketones (excluding diaryl/α,β-unsaturated/α-hetero) is 1. The molecule has 2 aliphatic heterocycles. The highest BCUT2D eigenvalue weighted by molar-refractivity contribution is 6.40. The summed E-state index contributed by atoms with van der Waals surface area (Å²) in [4.78, 5) is 27.1. The molecule has 0 bridgehead atoms. The van der Waals surface area contributed by atoms with Gasteiger partial charge in [-0.05, 0) is 63.7 Å². The van der Waals surface area contributed by atoms with Gasteiger partial charge < -0.3 is 10.2 Å². The molecule has 3 rings (SSSR count). The Morgan fingerprint density at radius 2 is 2.00 bits per heavy atom. The number of hydrazone groups is 1. The highest BCUT2D eigenvalue weighted by Gasteiger charge is 2.33. The second kappa shape index (κ2) is 9.82. The monoisotopic (exact) mass is 384 g/mol. The average molecular weight is 385 g/mol. The molecule has 2 atom stereocenters. The maximum atomic E-state index is 12.5.